The average Bonchev–Trinajstić information content (AvgIpc) is 0.903. The van der Waals surface area contributed by atoms with Crippen LogP contribution in [-0.2, 0) is 0 Å². The van der Waals surface area contributed by atoms with Crippen molar-refractivity contribution in [2.75, 3.05) is 0 Å². The number of hydrogen-bond acceptors (Lipinski definition) is 0. The van der Waals surface area contributed by atoms with Gasteiger partial charge in [0, 0.05) is 65.8 Å². The fourth-order valence-electron chi connectivity index (χ4n) is 19.0. The van der Waals surface area contributed by atoms with Gasteiger partial charge in [0.15, 0.2) is 16.1 Å². The van der Waals surface area contributed by atoms with Gasteiger partial charge in [-0.1, -0.05) is 358 Å². The van der Waals surface area contributed by atoms with Crippen LogP contribution in [0.1, 0.15) is 0 Å². The maximum Gasteiger partial charge on any atom is 0.179 e. The minimum atomic E-state index is -2.74. The topological polar surface area (TPSA) is 19.7 Å². The Morgan fingerprint density at radius 2 is 0.386 bits per heavy atom. The number of para-hydroxylation sites is 6. The third-order valence-electron chi connectivity index (χ3n) is 23.7. The second kappa shape index (κ2) is 28.5. The second-order valence-electron chi connectivity index (χ2n) is 29.7. The first-order valence-corrected chi connectivity index (χ1v) is 43.4. The van der Waals surface area contributed by atoms with Gasteiger partial charge >= 0.3 is 0 Å². The molecule has 0 saturated carbocycles. The van der Waals surface area contributed by atoms with Gasteiger partial charge in [-0.3, -0.25) is 0 Å². The summed E-state index contributed by atoms with van der Waals surface area (Å²) in [5, 5.41) is 21.0. The molecule has 0 amide bonds. The predicted molar refractivity (Wildman–Crippen MR) is 488 cm³/mol. The summed E-state index contributed by atoms with van der Waals surface area (Å²) in [4.78, 5) is 0. The normalized spacial score (nSPS) is 11.9. The van der Waals surface area contributed by atoms with Crippen molar-refractivity contribution in [2.24, 2.45) is 0 Å². The van der Waals surface area contributed by atoms with E-state index in [0.29, 0.717) is 0 Å². The molecular formula is C108H76N4Si2. The average molecular weight is 1490 g/mol. The van der Waals surface area contributed by atoms with Crippen molar-refractivity contribution in [3.63, 3.8) is 0 Å². The molecule has 0 saturated heterocycles. The molecule has 4 heterocycles. The lowest BCUT2D eigenvalue weighted by Gasteiger charge is -2.34. The van der Waals surface area contributed by atoms with E-state index in [1.54, 1.807) is 0 Å². The molecule has 0 unspecified atom stereocenters. The molecule has 536 valence electrons. The van der Waals surface area contributed by atoms with Crippen LogP contribution in [0.15, 0.2) is 461 Å². The summed E-state index contributed by atoms with van der Waals surface area (Å²) in [6.07, 6.45) is 0. The Kier molecular flexibility index (Phi) is 16.9. The Bertz CT molecular complexity index is 7090. The molecule has 0 N–H and O–H groups in total. The molecular weight excluding hydrogens is 1410 g/mol. The van der Waals surface area contributed by atoms with E-state index in [2.05, 4.69) is 479 Å². The largest absolute Gasteiger partial charge is 0.309 e. The molecule has 6 heteroatoms. The highest BCUT2D eigenvalue weighted by molar-refractivity contribution is 7.20. The van der Waals surface area contributed by atoms with Crippen LogP contribution in [0.5, 0.6) is 0 Å². The lowest BCUT2D eigenvalue weighted by Crippen LogP contribution is -2.74. The predicted octanol–water partition coefficient (Wildman–Crippen LogP) is 21.9. The van der Waals surface area contributed by atoms with Gasteiger partial charge in [-0.15, -0.1) is 0 Å². The zero-order valence-corrected chi connectivity index (χ0v) is 64.7. The highest BCUT2D eigenvalue weighted by Gasteiger charge is 2.43. The van der Waals surface area contributed by atoms with Gasteiger partial charge < -0.3 is 18.3 Å². The fraction of sp³-hybridized carbons (Fsp3) is 0. The summed E-state index contributed by atoms with van der Waals surface area (Å²) in [5.74, 6) is 0. The Balaban J connectivity index is 0.000000143. The quantitative estimate of drug-likeness (QED) is 0.0764. The molecule has 22 aromatic rings. The smallest absolute Gasteiger partial charge is 0.179 e. The molecule has 4 aromatic heterocycles. The number of nitrogens with zero attached hydrogens (tertiary/aromatic N) is 4. The fourth-order valence-corrected chi connectivity index (χ4v) is 28.5. The Morgan fingerprint density at radius 3 is 0.772 bits per heavy atom. The van der Waals surface area contributed by atoms with Crippen molar-refractivity contribution in [1.29, 1.82) is 0 Å². The third kappa shape index (κ3) is 11.0. The molecule has 114 heavy (non-hydrogen) atoms. The first-order valence-electron chi connectivity index (χ1n) is 39.4. The van der Waals surface area contributed by atoms with E-state index in [0.717, 1.165) is 17.1 Å². The lowest BCUT2D eigenvalue weighted by atomic mass is 9.95. The molecule has 4 nitrogen and oxygen atoms in total. The number of aromatic nitrogens is 4. The van der Waals surface area contributed by atoms with Gasteiger partial charge in [-0.25, -0.2) is 0 Å². The molecule has 22 rings (SSSR count). The second-order valence-corrected chi connectivity index (χ2v) is 37.4. The van der Waals surface area contributed by atoms with E-state index in [-0.39, 0.29) is 0 Å². The zero-order valence-electron chi connectivity index (χ0n) is 62.7. The lowest BCUT2D eigenvalue weighted by molar-refractivity contribution is 1.18. The number of benzene rings is 18. The summed E-state index contributed by atoms with van der Waals surface area (Å²) < 4.78 is 9.76. The van der Waals surface area contributed by atoms with Crippen LogP contribution in [0.4, 0.5) is 0 Å². The van der Waals surface area contributed by atoms with Crippen molar-refractivity contribution in [1.82, 2.24) is 18.3 Å². The van der Waals surface area contributed by atoms with Crippen molar-refractivity contribution >= 4 is 145 Å². The molecule has 0 bridgehead atoms. The van der Waals surface area contributed by atoms with Crippen molar-refractivity contribution in [3.05, 3.63) is 461 Å². The molecule has 0 aliphatic rings. The monoisotopic (exact) mass is 1480 g/mol. The van der Waals surface area contributed by atoms with Crippen LogP contribution in [-0.4, -0.2) is 34.4 Å². The molecule has 18 aromatic carbocycles. The van der Waals surface area contributed by atoms with Crippen LogP contribution >= 0.6 is 0 Å². The van der Waals surface area contributed by atoms with E-state index >= 15 is 0 Å². The van der Waals surface area contributed by atoms with E-state index in [1.807, 2.05) is 0 Å². The third-order valence-corrected chi connectivity index (χ3v) is 33.3. The molecule has 0 radical (unpaired) electrons. The Morgan fingerprint density at radius 1 is 0.140 bits per heavy atom. The minimum absolute atomic E-state index is 1.16. The van der Waals surface area contributed by atoms with Crippen LogP contribution in [0.2, 0.25) is 0 Å². The van der Waals surface area contributed by atoms with Gasteiger partial charge in [0.05, 0.1) is 44.1 Å². The van der Waals surface area contributed by atoms with Gasteiger partial charge in [0.1, 0.15) is 0 Å². The van der Waals surface area contributed by atoms with Crippen molar-refractivity contribution < 1.29 is 0 Å². The maximum absolute atomic E-state index is 2.74. The van der Waals surface area contributed by atoms with Gasteiger partial charge in [0.2, 0.25) is 0 Å². The van der Waals surface area contributed by atoms with Crippen molar-refractivity contribution in [2.45, 2.75) is 0 Å². The minimum Gasteiger partial charge on any atom is -0.309 e. The zero-order chi connectivity index (χ0) is 75.5. The first kappa shape index (κ1) is 67.7. The van der Waals surface area contributed by atoms with Crippen LogP contribution in [0.25, 0.3) is 132 Å². The summed E-state index contributed by atoms with van der Waals surface area (Å²) in [6, 6.07) is 170. The summed E-state index contributed by atoms with van der Waals surface area (Å²) in [6.45, 7) is 0. The maximum atomic E-state index is 2.49. The van der Waals surface area contributed by atoms with Gasteiger partial charge in [-0.05, 0) is 167 Å². The Labute approximate surface area is 664 Å². The number of fused-ring (bicyclic) bond motifs is 12. The molecule has 0 atom stereocenters. The molecule has 0 spiro atoms. The van der Waals surface area contributed by atoms with Crippen LogP contribution < -0.4 is 41.5 Å². The number of hydrogen-bond donors (Lipinski definition) is 0. The van der Waals surface area contributed by atoms with E-state index < -0.39 is 16.1 Å². The van der Waals surface area contributed by atoms with E-state index in [1.165, 1.54) is 157 Å². The van der Waals surface area contributed by atoms with Gasteiger partial charge in [0.25, 0.3) is 0 Å². The van der Waals surface area contributed by atoms with Crippen molar-refractivity contribution in [3.8, 4) is 45.0 Å². The van der Waals surface area contributed by atoms with Crippen LogP contribution in [0, 0.1) is 0 Å². The van der Waals surface area contributed by atoms with Crippen LogP contribution in [0.3, 0.4) is 0 Å². The highest BCUT2D eigenvalue weighted by atomic mass is 28.3. The summed E-state index contributed by atoms with van der Waals surface area (Å²) >= 11 is 0. The van der Waals surface area contributed by atoms with E-state index in [9.17, 15) is 0 Å². The highest BCUT2D eigenvalue weighted by Crippen LogP contribution is 2.45. The Hall–Kier alpha value is -14.4. The van der Waals surface area contributed by atoms with Gasteiger partial charge in [-0.2, -0.15) is 0 Å². The SMILES string of the molecule is c1ccc(-n2c3ccccc3c3c(-c4cccc5c4c4ccccc4n5-c4cccc([Si](c5ccccc5)(c5ccccc5)c5ccccc5)c4)cccc32)cc1.c1ccc([Si](c2ccccc2)(c2ccccc2)c2cccc(-n3c4ccccc4c4cc(-c5cccc(-n6c7ccccc7c7ccccc76)c5)ccc43)c2)cc1. The standard InChI is InChI=1S/2C54H38N2Si/c1-5-20-39(21-6-1)55-49-34-15-13-30-47(49)53-45(32-18-36-51(53)55)46-33-19-37-52-54(46)48-31-14-16-35-50(48)56(52)40-22-17-29-44(38-40)57(41-23-7-2-8-24-41,42-25-9-3-10-26-42)43-27-11-4-12-28-43;1-4-21-43(22-5-1)57(44-23-6-2-7-24-44,45-25-8-3-9-26-45)46-27-17-20-42(38-46)56-53-33-15-12-30-49(53)50-37-40(34-35-54(50)56)39-18-16-19-41(36-39)55-51-31-13-10-28-47(51)48-29-11-14-32-52(48)55/h2*1-38H. The number of rotatable bonds is 14. The molecule has 0 aliphatic carbocycles. The van der Waals surface area contributed by atoms with E-state index in [4.69, 9.17) is 0 Å². The molecule has 0 fully saturated rings. The summed E-state index contributed by atoms with van der Waals surface area (Å²) in [7, 11) is -5.45. The first-order chi connectivity index (χ1) is 56.6. The molecule has 0 aliphatic heterocycles. The summed E-state index contributed by atoms with van der Waals surface area (Å²) in [5.41, 5.74) is 19.2.